The molecule has 0 bridgehead atoms. The second-order valence-electron chi connectivity index (χ2n) is 6.23. The lowest BCUT2D eigenvalue weighted by Crippen LogP contribution is -2.46. The zero-order valence-corrected chi connectivity index (χ0v) is 13.1. The number of likely N-dealkylation sites (tertiary alicyclic amines) is 1. The molecule has 0 spiro atoms. The number of hydrogen-bond donors (Lipinski definition) is 0. The van der Waals surface area contributed by atoms with Crippen LogP contribution >= 0.6 is 0 Å². The molecule has 0 N–H and O–H groups in total. The molecule has 0 saturated carbocycles. The van der Waals surface area contributed by atoms with Gasteiger partial charge in [-0.05, 0) is 49.6 Å². The van der Waals surface area contributed by atoms with Gasteiger partial charge in [-0.2, -0.15) is 0 Å². The SMILES string of the molecule is COc1ccc(N2C(=O)CC(N3CCCC(C)C3)C2=O)cc1. The lowest BCUT2D eigenvalue weighted by molar-refractivity contribution is -0.123. The number of methoxy groups -OCH3 is 1. The Morgan fingerprint density at radius 2 is 1.91 bits per heavy atom. The predicted molar refractivity (Wildman–Crippen MR) is 83.9 cm³/mol. The maximum absolute atomic E-state index is 12.7. The third-order valence-electron chi connectivity index (χ3n) is 4.58. The van der Waals surface area contributed by atoms with Crippen LogP contribution in [0.25, 0.3) is 0 Å². The smallest absolute Gasteiger partial charge is 0.251 e. The molecule has 2 atom stereocenters. The molecule has 2 aliphatic heterocycles. The molecule has 2 saturated heterocycles. The highest BCUT2D eigenvalue weighted by Gasteiger charge is 2.43. The topological polar surface area (TPSA) is 49.9 Å². The summed E-state index contributed by atoms with van der Waals surface area (Å²) >= 11 is 0. The molecule has 2 fully saturated rings. The molecule has 5 nitrogen and oxygen atoms in total. The van der Waals surface area contributed by atoms with Crippen molar-refractivity contribution >= 4 is 17.5 Å². The maximum atomic E-state index is 12.7. The molecule has 0 aliphatic carbocycles. The highest BCUT2D eigenvalue weighted by Crippen LogP contribution is 2.29. The van der Waals surface area contributed by atoms with E-state index in [1.807, 2.05) is 0 Å². The van der Waals surface area contributed by atoms with E-state index in [1.165, 1.54) is 11.3 Å². The number of imide groups is 1. The Balaban J connectivity index is 1.78. The van der Waals surface area contributed by atoms with Crippen LogP contribution in [0.1, 0.15) is 26.2 Å². The number of carbonyl (C=O) groups is 2. The van der Waals surface area contributed by atoms with Crippen molar-refractivity contribution < 1.29 is 14.3 Å². The summed E-state index contributed by atoms with van der Waals surface area (Å²) in [5, 5.41) is 0. The minimum absolute atomic E-state index is 0.0933. The third kappa shape index (κ3) is 2.73. The lowest BCUT2D eigenvalue weighted by atomic mass is 9.98. The molecule has 118 valence electrons. The molecule has 0 aromatic heterocycles. The van der Waals surface area contributed by atoms with Gasteiger partial charge in [0.05, 0.1) is 25.3 Å². The van der Waals surface area contributed by atoms with E-state index in [4.69, 9.17) is 4.74 Å². The van der Waals surface area contributed by atoms with Crippen molar-refractivity contribution in [1.82, 2.24) is 4.90 Å². The van der Waals surface area contributed by atoms with E-state index in [-0.39, 0.29) is 24.3 Å². The summed E-state index contributed by atoms with van der Waals surface area (Å²) in [5.41, 5.74) is 0.628. The van der Waals surface area contributed by atoms with Crippen LogP contribution in [-0.2, 0) is 9.59 Å². The first kappa shape index (κ1) is 15.0. The number of anilines is 1. The van der Waals surface area contributed by atoms with Gasteiger partial charge in [-0.15, -0.1) is 0 Å². The molecule has 2 amide bonds. The first-order valence-electron chi connectivity index (χ1n) is 7.85. The van der Waals surface area contributed by atoms with Gasteiger partial charge in [0.25, 0.3) is 5.91 Å². The van der Waals surface area contributed by atoms with Crippen LogP contribution in [0.4, 0.5) is 5.69 Å². The van der Waals surface area contributed by atoms with Crippen LogP contribution in [0.3, 0.4) is 0 Å². The quantitative estimate of drug-likeness (QED) is 0.802. The first-order chi connectivity index (χ1) is 10.6. The monoisotopic (exact) mass is 302 g/mol. The summed E-state index contributed by atoms with van der Waals surface area (Å²) in [6, 6.07) is 6.77. The molecule has 0 radical (unpaired) electrons. The van der Waals surface area contributed by atoms with Crippen molar-refractivity contribution in [3.05, 3.63) is 24.3 Å². The summed E-state index contributed by atoms with van der Waals surface area (Å²) in [6.45, 7) is 4.01. The number of piperidine rings is 1. The molecule has 2 aliphatic rings. The predicted octanol–water partition coefficient (Wildman–Crippen LogP) is 2.06. The van der Waals surface area contributed by atoms with Crippen LogP contribution in [0.15, 0.2) is 24.3 Å². The second kappa shape index (κ2) is 6.08. The molecule has 3 rings (SSSR count). The molecule has 22 heavy (non-hydrogen) atoms. The largest absolute Gasteiger partial charge is 0.497 e. The van der Waals surface area contributed by atoms with Gasteiger partial charge >= 0.3 is 0 Å². The maximum Gasteiger partial charge on any atom is 0.251 e. The van der Waals surface area contributed by atoms with Crippen molar-refractivity contribution in [2.45, 2.75) is 32.2 Å². The van der Waals surface area contributed by atoms with E-state index in [9.17, 15) is 9.59 Å². The van der Waals surface area contributed by atoms with Gasteiger partial charge in [0, 0.05) is 6.54 Å². The summed E-state index contributed by atoms with van der Waals surface area (Å²) in [6.07, 6.45) is 2.59. The Morgan fingerprint density at radius 3 is 2.55 bits per heavy atom. The summed E-state index contributed by atoms with van der Waals surface area (Å²) < 4.78 is 5.12. The minimum atomic E-state index is -0.294. The van der Waals surface area contributed by atoms with Gasteiger partial charge in [-0.25, -0.2) is 4.90 Å². The average Bonchev–Trinajstić information content (AvgIpc) is 2.82. The Hall–Kier alpha value is -1.88. The number of rotatable bonds is 3. The lowest BCUT2D eigenvalue weighted by Gasteiger charge is -2.34. The minimum Gasteiger partial charge on any atom is -0.497 e. The van der Waals surface area contributed by atoms with E-state index in [0.29, 0.717) is 17.4 Å². The van der Waals surface area contributed by atoms with Gasteiger partial charge in [-0.1, -0.05) is 6.92 Å². The van der Waals surface area contributed by atoms with E-state index in [2.05, 4.69) is 11.8 Å². The van der Waals surface area contributed by atoms with Crippen molar-refractivity contribution in [2.75, 3.05) is 25.1 Å². The Morgan fingerprint density at radius 1 is 1.18 bits per heavy atom. The Labute approximate surface area is 130 Å². The highest BCUT2D eigenvalue weighted by atomic mass is 16.5. The van der Waals surface area contributed by atoms with Crippen molar-refractivity contribution in [3.63, 3.8) is 0 Å². The summed E-state index contributed by atoms with van der Waals surface area (Å²) in [4.78, 5) is 28.5. The Kier molecular flexibility index (Phi) is 4.16. The first-order valence-corrected chi connectivity index (χ1v) is 7.85. The van der Waals surface area contributed by atoms with Crippen LogP contribution in [0.2, 0.25) is 0 Å². The van der Waals surface area contributed by atoms with Crippen LogP contribution in [-0.4, -0.2) is 43.0 Å². The normalized spacial score (nSPS) is 26.5. The fourth-order valence-electron chi connectivity index (χ4n) is 3.41. The van der Waals surface area contributed by atoms with E-state index in [0.717, 1.165) is 19.5 Å². The molecule has 2 unspecified atom stereocenters. The average molecular weight is 302 g/mol. The van der Waals surface area contributed by atoms with Crippen LogP contribution in [0.5, 0.6) is 5.75 Å². The van der Waals surface area contributed by atoms with E-state index >= 15 is 0 Å². The van der Waals surface area contributed by atoms with Crippen molar-refractivity contribution in [2.24, 2.45) is 5.92 Å². The van der Waals surface area contributed by atoms with Crippen molar-refractivity contribution in [3.8, 4) is 5.75 Å². The molecule has 2 heterocycles. The van der Waals surface area contributed by atoms with E-state index in [1.54, 1.807) is 31.4 Å². The summed E-state index contributed by atoms with van der Waals surface area (Å²) in [7, 11) is 1.59. The van der Waals surface area contributed by atoms with Crippen LogP contribution in [0, 0.1) is 5.92 Å². The van der Waals surface area contributed by atoms with Gasteiger partial charge in [-0.3, -0.25) is 14.5 Å². The molecule has 1 aromatic rings. The molecule has 5 heteroatoms. The van der Waals surface area contributed by atoms with Crippen LogP contribution < -0.4 is 9.64 Å². The standard InChI is InChI=1S/C17H22N2O3/c1-12-4-3-9-18(11-12)15-10-16(20)19(17(15)21)13-5-7-14(22-2)8-6-13/h5-8,12,15H,3-4,9-11H2,1-2H3. The van der Waals surface area contributed by atoms with Crippen molar-refractivity contribution in [1.29, 1.82) is 0 Å². The number of ether oxygens (including phenoxy) is 1. The molecular weight excluding hydrogens is 280 g/mol. The number of carbonyl (C=O) groups excluding carboxylic acids is 2. The van der Waals surface area contributed by atoms with Gasteiger partial charge in [0.15, 0.2) is 0 Å². The fourth-order valence-corrected chi connectivity index (χ4v) is 3.41. The van der Waals surface area contributed by atoms with Gasteiger partial charge in [0.2, 0.25) is 5.91 Å². The summed E-state index contributed by atoms with van der Waals surface area (Å²) in [5.74, 6) is 1.10. The van der Waals surface area contributed by atoms with Gasteiger partial charge < -0.3 is 4.74 Å². The number of nitrogens with zero attached hydrogens (tertiary/aromatic N) is 2. The number of benzene rings is 1. The molecular formula is C17H22N2O3. The third-order valence-corrected chi connectivity index (χ3v) is 4.58. The van der Waals surface area contributed by atoms with E-state index < -0.39 is 0 Å². The number of hydrogen-bond acceptors (Lipinski definition) is 4. The number of amides is 2. The Bertz CT molecular complexity index is 570. The zero-order chi connectivity index (χ0) is 15.7. The van der Waals surface area contributed by atoms with Gasteiger partial charge in [0.1, 0.15) is 5.75 Å². The highest BCUT2D eigenvalue weighted by molar-refractivity contribution is 6.22. The zero-order valence-electron chi connectivity index (χ0n) is 13.1. The second-order valence-corrected chi connectivity index (χ2v) is 6.23. The molecule has 1 aromatic carbocycles. The fraction of sp³-hybridized carbons (Fsp3) is 0.529.